The standard InChI is InChI=1S/C14H24N4/c1-11-9-17(8-7-15-11)14-16-12(2)10-18(14)13-5-3-4-6-13/h10-11,13,15H,3-9H2,1-2H3. The number of rotatable bonds is 2. The minimum atomic E-state index is 0.563. The van der Waals surface area contributed by atoms with Crippen LogP contribution < -0.4 is 10.2 Å². The fourth-order valence-electron chi connectivity index (χ4n) is 3.30. The van der Waals surface area contributed by atoms with Gasteiger partial charge < -0.3 is 14.8 Å². The molecule has 0 aromatic carbocycles. The Labute approximate surface area is 109 Å². The first-order valence-electron chi connectivity index (χ1n) is 7.28. The van der Waals surface area contributed by atoms with Gasteiger partial charge in [-0.15, -0.1) is 0 Å². The van der Waals surface area contributed by atoms with Crippen LogP contribution in [0.5, 0.6) is 0 Å². The van der Waals surface area contributed by atoms with Crippen molar-refractivity contribution >= 4 is 5.95 Å². The molecule has 1 aromatic rings. The second-order valence-corrected chi connectivity index (χ2v) is 5.83. The first-order valence-corrected chi connectivity index (χ1v) is 7.28. The first-order chi connectivity index (χ1) is 8.74. The zero-order valence-electron chi connectivity index (χ0n) is 11.5. The lowest BCUT2D eigenvalue weighted by molar-refractivity contribution is 0.457. The molecule has 1 unspecified atom stereocenters. The molecule has 0 amide bonds. The predicted molar refractivity (Wildman–Crippen MR) is 74.1 cm³/mol. The summed E-state index contributed by atoms with van der Waals surface area (Å²) >= 11 is 0. The van der Waals surface area contributed by atoms with Crippen molar-refractivity contribution in [3.63, 3.8) is 0 Å². The quantitative estimate of drug-likeness (QED) is 0.870. The highest BCUT2D eigenvalue weighted by molar-refractivity contribution is 5.35. The van der Waals surface area contributed by atoms with Crippen LogP contribution in [0.1, 0.15) is 44.3 Å². The highest BCUT2D eigenvalue weighted by atomic mass is 15.3. The van der Waals surface area contributed by atoms with Gasteiger partial charge in [0.2, 0.25) is 5.95 Å². The molecule has 3 rings (SSSR count). The second-order valence-electron chi connectivity index (χ2n) is 5.83. The number of hydrogen-bond donors (Lipinski definition) is 1. The van der Waals surface area contributed by atoms with Crippen molar-refractivity contribution in [2.45, 2.75) is 51.6 Å². The Morgan fingerprint density at radius 1 is 1.33 bits per heavy atom. The highest BCUT2D eigenvalue weighted by Crippen LogP contribution is 2.33. The molecule has 1 aliphatic carbocycles. The topological polar surface area (TPSA) is 33.1 Å². The van der Waals surface area contributed by atoms with Crippen molar-refractivity contribution in [2.75, 3.05) is 24.5 Å². The number of nitrogens with zero attached hydrogens (tertiary/aromatic N) is 3. The van der Waals surface area contributed by atoms with Crippen molar-refractivity contribution in [1.29, 1.82) is 0 Å². The summed E-state index contributed by atoms with van der Waals surface area (Å²) in [6, 6.07) is 1.25. The summed E-state index contributed by atoms with van der Waals surface area (Å²) in [4.78, 5) is 7.23. The van der Waals surface area contributed by atoms with Crippen molar-refractivity contribution in [2.24, 2.45) is 0 Å². The Morgan fingerprint density at radius 3 is 2.83 bits per heavy atom. The van der Waals surface area contributed by atoms with Gasteiger partial charge in [0.05, 0.1) is 5.69 Å². The van der Waals surface area contributed by atoms with E-state index in [0.29, 0.717) is 12.1 Å². The maximum Gasteiger partial charge on any atom is 0.206 e. The first kappa shape index (κ1) is 12.0. The molecule has 2 aliphatic rings. The monoisotopic (exact) mass is 248 g/mol. The van der Waals surface area contributed by atoms with Crippen molar-refractivity contribution in [3.8, 4) is 0 Å². The third-order valence-electron chi connectivity index (χ3n) is 4.20. The van der Waals surface area contributed by atoms with Gasteiger partial charge in [-0.3, -0.25) is 0 Å². The fourth-order valence-corrected chi connectivity index (χ4v) is 3.30. The Kier molecular flexibility index (Phi) is 3.29. The van der Waals surface area contributed by atoms with E-state index < -0.39 is 0 Å². The largest absolute Gasteiger partial charge is 0.339 e. The third-order valence-corrected chi connectivity index (χ3v) is 4.20. The molecule has 4 heteroatoms. The lowest BCUT2D eigenvalue weighted by Crippen LogP contribution is -2.50. The minimum Gasteiger partial charge on any atom is -0.339 e. The molecule has 0 spiro atoms. The van der Waals surface area contributed by atoms with Gasteiger partial charge in [-0.05, 0) is 26.7 Å². The molecule has 4 nitrogen and oxygen atoms in total. The lowest BCUT2D eigenvalue weighted by atomic mass is 10.2. The molecule has 0 bridgehead atoms. The van der Waals surface area contributed by atoms with Crippen molar-refractivity contribution < 1.29 is 0 Å². The van der Waals surface area contributed by atoms with Crippen molar-refractivity contribution in [3.05, 3.63) is 11.9 Å². The van der Waals surface area contributed by atoms with E-state index in [1.807, 2.05) is 0 Å². The maximum absolute atomic E-state index is 4.77. The van der Waals surface area contributed by atoms with E-state index in [2.05, 4.69) is 34.8 Å². The van der Waals surface area contributed by atoms with E-state index in [0.717, 1.165) is 25.3 Å². The van der Waals surface area contributed by atoms with Gasteiger partial charge in [0, 0.05) is 37.9 Å². The number of hydrogen-bond acceptors (Lipinski definition) is 3. The Hall–Kier alpha value is -1.03. The number of piperazine rings is 1. The van der Waals surface area contributed by atoms with Crippen LogP contribution in [0.15, 0.2) is 6.20 Å². The van der Waals surface area contributed by atoms with Crippen LogP contribution in [0, 0.1) is 6.92 Å². The molecule has 0 radical (unpaired) electrons. The summed E-state index contributed by atoms with van der Waals surface area (Å²) in [6.45, 7) is 7.58. The SMILES string of the molecule is Cc1cn(C2CCCC2)c(N2CCNC(C)C2)n1. The number of imidazole rings is 1. The van der Waals surface area contributed by atoms with Crippen LogP contribution in [-0.4, -0.2) is 35.2 Å². The lowest BCUT2D eigenvalue weighted by Gasteiger charge is -2.33. The molecule has 2 heterocycles. The summed E-state index contributed by atoms with van der Waals surface area (Å²) in [5.41, 5.74) is 1.16. The Balaban J connectivity index is 1.85. The molecular weight excluding hydrogens is 224 g/mol. The van der Waals surface area contributed by atoms with E-state index >= 15 is 0 Å². The summed E-state index contributed by atoms with van der Waals surface area (Å²) in [5, 5.41) is 3.50. The van der Waals surface area contributed by atoms with Crippen LogP contribution in [0.2, 0.25) is 0 Å². The number of aryl methyl sites for hydroxylation is 1. The maximum atomic E-state index is 4.77. The normalized spacial score (nSPS) is 25.9. The minimum absolute atomic E-state index is 0.563. The highest BCUT2D eigenvalue weighted by Gasteiger charge is 2.25. The summed E-state index contributed by atoms with van der Waals surface area (Å²) in [5.74, 6) is 1.20. The van der Waals surface area contributed by atoms with Crippen LogP contribution in [0.25, 0.3) is 0 Å². The van der Waals surface area contributed by atoms with Crippen molar-refractivity contribution in [1.82, 2.24) is 14.9 Å². The Morgan fingerprint density at radius 2 is 2.11 bits per heavy atom. The van der Waals surface area contributed by atoms with E-state index in [1.165, 1.54) is 31.6 Å². The zero-order valence-corrected chi connectivity index (χ0v) is 11.5. The number of nitrogens with one attached hydrogen (secondary N) is 1. The number of aromatic nitrogens is 2. The van der Waals surface area contributed by atoms with E-state index in [-0.39, 0.29) is 0 Å². The number of anilines is 1. The van der Waals surface area contributed by atoms with Gasteiger partial charge in [-0.25, -0.2) is 4.98 Å². The molecule has 1 atom stereocenters. The summed E-state index contributed by atoms with van der Waals surface area (Å²) < 4.78 is 2.44. The molecular formula is C14H24N4. The van der Waals surface area contributed by atoms with E-state index in [9.17, 15) is 0 Å². The van der Waals surface area contributed by atoms with Gasteiger partial charge in [0.25, 0.3) is 0 Å². The van der Waals surface area contributed by atoms with Gasteiger partial charge in [0.1, 0.15) is 0 Å². The van der Waals surface area contributed by atoms with Gasteiger partial charge >= 0.3 is 0 Å². The van der Waals surface area contributed by atoms with Crippen LogP contribution >= 0.6 is 0 Å². The average molecular weight is 248 g/mol. The van der Waals surface area contributed by atoms with Crippen LogP contribution in [0.4, 0.5) is 5.95 Å². The van der Waals surface area contributed by atoms with Gasteiger partial charge in [-0.1, -0.05) is 12.8 Å². The molecule has 1 N–H and O–H groups in total. The Bertz CT molecular complexity index is 406. The average Bonchev–Trinajstić information content (AvgIpc) is 2.97. The zero-order chi connectivity index (χ0) is 12.5. The fraction of sp³-hybridized carbons (Fsp3) is 0.786. The van der Waals surface area contributed by atoms with Crippen LogP contribution in [-0.2, 0) is 0 Å². The molecule has 18 heavy (non-hydrogen) atoms. The molecule has 1 aromatic heterocycles. The van der Waals surface area contributed by atoms with E-state index in [1.54, 1.807) is 0 Å². The molecule has 100 valence electrons. The molecule has 1 aliphatic heterocycles. The predicted octanol–water partition coefficient (Wildman–Crippen LogP) is 2.10. The smallest absolute Gasteiger partial charge is 0.206 e. The summed E-state index contributed by atoms with van der Waals surface area (Å²) in [6.07, 6.45) is 7.64. The van der Waals surface area contributed by atoms with E-state index in [4.69, 9.17) is 4.98 Å². The molecule has 2 fully saturated rings. The third kappa shape index (κ3) is 2.26. The van der Waals surface area contributed by atoms with Gasteiger partial charge in [0.15, 0.2) is 0 Å². The molecule has 1 saturated heterocycles. The van der Waals surface area contributed by atoms with Crippen LogP contribution in [0.3, 0.4) is 0 Å². The second kappa shape index (κ2) is 4.92. The summed E-state index contributed by atoms with van der Waals surface area (Å²) in [7, 11) is 0. The molecule has 1 saturated carbocycles. The van der Waals surface area contributed by atoms with Gasteiger partial charge in [-0.2, -0.15) is 0 Å².